The van der Waals surface area contributed by atoms with E-state index < -0.39 is 0 Å². The molecule has 2 rings (SSSR count). The van der Waals surface area contributed by atoms with Crippen LogP contribution in [-0.2, 0) is 14.3 Å². The summed E-state index contributed by atoms with van der Waals surface area (Å²) in [6, 6.07) is 0. The van der Waals surface area contributed by atoms with Gasteiger partial charge in [-0.15, -0.1) is 12.4 Å². The monoisotopic (exact) mass is 305 g/mol. The second kappa shape index (κ2) is 8.44. The van der Waals surface area contributed by atoms with E-state index >= 15 is 0 Å². The number of hydrogen-bond acceptors (Lipinski definition) is 4. The Hall–Kier alpha value is -0.850. The topological polar surface area (TPSA) is 70.7 Å². The maximum absolute atomic E-state index is 12.0. The van der Waals surface area contributed by atoms with Crippen LogP contribution in [0.25, 0.3) is 0 Å². The molecule has 7 heteroatoms. The molecule has 2 fully saturated rings. The molecule has 0 aromatic rings. The zero-order valence-corrected chi connectivity index (χ0v) is 12.7. The first-order chi connectivity index (χ1) is 9.15. The van der Waals surface area contributed by atoms with Crippen molar-refractivity contribution in [2.75, 3.05) is 39.3 Å². The van der Waals surface area contributed by atoms with E-state index in [2.05, 4.69) is 10.6 Å². The Labute approximate surface area is 126 Å². The zero-order chi connectivity index (χ0) is 13.7. The summed E-state index contributed by atoms with van der Waals surface area (Å²) in [6.07, 6.45) is 2.49. The molecule has 116 valence electrons. The number of carbonyl (C=O) groups is 2. The van der Waals surface area contributed by atoms with Gasteiger partial charge in [-0.2, -0.15) is 0 Å². The van der Waals surface area contributed by atoms with Gasteiger partial charge in [0.15, 0.2) is 0 Å². The van der Waals surface area contributed by atoms with E-state index in [0.29, 0.717) is 32.8 Å². The Balaban J connectivity index is 0.00000200. The fourth-order valence-corrected chi connectivity index (χ4v) is 2.14. The third-order valence-corrected chi connectivity index (χ3v) is 3.48. The van der Waals surface area contributed by atoms with Crippen LogP contribution >= 0.6 is 12.4 Å². The van der Waals surface area contributed by atoms with Gasteiger partial charge in [-0.05, 0) is 25.3 Å². The fraction of sp³-hybridized carbons (Fsp3) is 0.846. The smallest absolute Gasteiger partial charge is 0.236 e. The Kier molecular flexibility index (Phi) is 7.26. The predicted octanol–water partition coefficient (Wildman–Crippen LogP) is -0.229. The summed E-state index contributed by atoms with van der Waals surface area (Å²) >= 11 is 0. The molecule has 1 saturated heterocycles. The summed E-state index contributed by atoms with van der Waals surface area (Å²) in [4.78, 5) is 24.7. The SMILES string of the molecule is CC(=O)NCC1CN(C(=O)CNCC2CC2)CCO1.Cl. The number of nitrogens with one attached hydrogen (secondary N) is 2. The molecule has 0 bridgehead atoms. The molecule has 2 amide bonds. The number of ether oxygens (including phenoxy) is 1. The van der Waals surface area contributed by atoms with Gasteiger partial charge in [0.2, 0.25) is 11.8 Å². The molecule has 1 saturated carbocycles. The van der Waals surface area contributed by atoms with Crippen molar-refractivity contribution in [3.63, 3.8) is 0 Å². The van der Waals surface area contributed by atoms with Crippen LogP contribution in [0, 0.1) is 5.92 Å². The van der Waals surface area contributed by atoms with Crippen molar-refractivity contribution >= 4 is 24.2 Å². The first-order valence-corrected chi connectivity index (χ1v) is 6.99. The minimum atomic E-state index is -0.0926. The zero-order valence-electron chi connectivity index (χ0n) is 11.9. The van der Waals surface area contributed by atoms with Gasteiger partial charge in [0, 0.05) is 26.6 Å². The van der Waals surface area contributed by atoms with E-state index in [9.17, 15) is 9.59 Å². The quantitative estimate of drug-likeness (QED) is 0.711. The van der Waals surface area contributed by atoms with E-state index in [1.807, 2.05) is 4.90 Å². The highest BCUT2D eigenvalue weighted by atomic mass is 35.5. The third kappa shape index (κ3) is 6.07. The molecule has 2 aliphatic rings. The molecular formula is C13H24ClN3O3. The summed E-state index contributed by atoms with van der Waals surface area (Å²) < 4.78 is 5.53. The number of carbonyl (C=O) groups excluding carboxylic acids is 2. The van der Waals surface area contributed by atoms with Crippen molar-refractivity contribution in [1.82, 2.24) is 15.5 Å². The Morgan fingerprint density at radius 3 is 2.70 bits per heavy atom. The molecule has 6 nitrogen and oxygen atoms in total. The standard InChI is InChI=1S/C13H23N3O3.ClH/c1-10(17)15-7-12-9-16(4-5-19-12)13(18)8-14-6-11-2-3-11;/h11-12,14H,2-9H2,1H3,(H,15,17);1H. The molecule has 1 heterocycles. The van der Waals surface area contributed by atoms with E-state index in [4.69, 9.17) is 4.74 Å². The molecule has 1 unspecified atom stereocenters. The lowest BCUT2D eigenvalue weighted by molar-refractivity contribution is -0.137. The predicted molar refractivity (Wildman–Crippen MR) is 77.8 cm³/mol. The van der Waals surface area contributed by atoms with Crippen LogP contribution in [0.15, 0.2) is 0 Å². The van der Waals surface area contributed by atoms with E-state index in [1.54, 1.807) is 0 Å². The second-order valence-electron chi connectivity index (χ2n) is 5.34. The van der Waals surface area contributed by atoms with Crippen molar-refractivity contribution in [1.29, 1.82) is 0 Å². The molecule has 0 aromatic heterocycles. The van der Waals surface area contributed by atoms with Gasteiger partial charge in [0.1, 0.15) is 0 Å². The molecule has 0 aromatic carbocycles. The lowest BCUT2D eigenvalue weighted by Crippen LogP contribution is -2.51. The number of morpholine rings is 1. The first-order valence-electron chi connectivity index (χ1n) is 6.99. The van der Waals surface area contributed by atoms with Crippen LogP contribution < -0.4 is 10.6 Å². The highest BCUT2D eigenvalue weighted by Crippen LogP contribution is 2.27. The molecule has 0 radical (unpaired) electrons. The second-order valence-corrected chi connectivity index (χ2v) is 5.34. The highest BCUT2D eigenvalue weighted by molar-refractivity contribution is 5.85. The van der Waals surface area contributed by atoms with Crippen molar-refractivity contribution in [2.45, 2.75) is 25.9 Å². The van der Waals surface area contributed by atoms with E-state index in [1.165, 1.54) is 19.8 Å². The summed E-state index contributed by atoms with van der Waals surface area (Å²) in [7, 11) is 0. The number of nitrogens with zero attached hydrogens (tertiary/aromatic N) is 1. The summed E-state index contributed by atoms with van der Waals surface area (Å²) in [5.41, 5.74) is 0. The van der Waals surface area contributed by atoms with Gasteiger partial charge in [-0.1, -0.05) is 0 Å². The maximum atomic E-state index is 12.0. The first kappa shape index (κ1) is 17.2. The van der Waals surface area contributed by atoms with Gasteiger partial charge >= 0.3 is 0 Å². The van der Waals surface area contributed by atoms with Crippen LogP contribution in [0.3, 0.4) is 0 Å². The van der Waals surface area contributed by atoms with Crippen molar-refractivity contribution in [3.8, 4) is 0 Å². The Bertz CT molecular complexity index is 337. The van der Waals surface area contributed by atoms with E-state index in [0.717, 1.165) is 12.5 Å². The van der Waals surface area contributed by atoms with Crippen LogP contribution in [0.1, 0.15) is 19.8 Å². The van der Waals surface area contributed by atoms with Crippen LogP contribution in [0.4, 0.5) is 0 Å². The van der Waals surface area contributed by atoms with Crippen molar-refractivity contribution in [3.05, 3.63) is 0 Å². The van der Waals surface area contributed by atoms with Crippen LogP contribution in [0.2, 0.25) is 0 Å². The van der Waals surface area contributed by atoms with Crippen LogP contribution in [0.5, 0.6) is 0 Å². The molecule has 1 atom stereocenters. The van der Waals surface area contributed by atoms with Gasteiger partial charge in [-0.25, -0.2) is 0 Å². The summed E-state index contributed by atoms with van der Waals surface area (Å²) in [6.45, 7) is 5.04. The van der Waals surface area contributed by atoms with Crippen molar-refractivity contribution in [2.24, 2.45) is 5.92 Å². The lowest BCUT2D eigenvalue weighted by atomic mass is 10.2. The van der Waals surface area contributed by atoms with Gasteiger partial charge in [-0.3, -0.25) is 9.59 Å². The maximum Gasteiger partial charge on any atom is 0.236 e. The van der Waals surface area contributed by atoms with Gasteiger partial charge < -0.3 is 20.3 Å². The summed E-state index contributed by atoms with van der Waals surface area (Å²) in [5.74, 6) is 0.833. The number of amides is 2. The Morgan fingerprint density at radius 1 is 1.30 bits per heavy atom. The van der Waals surface area contributed by atoms with E-state index in [-0.39, 0.29) is 30.3 Å². The molecule has 2 N–H and O–H groups in total. The average Bonchev–Trinajstić information content (AvgIpc) is 3.21. The fourth-order valence-electron chi connectivity index (χ4n) is 2.14. The van der Waals surface area contributed by atoms with Gasteiger partial charge in [0.25, 0.3) is 0 Å². The normalized spacial score (nSPS) is 22.1. The third-order valence-electron chi connectivity index (χ3n) is 3.48. The highest BCUT2D eigenvalue weighted by Gasteiger charge is 2.25. The number of rotatable bonds is 6. The molecule has 1 aliphatic heterocycles. The largest absolute Gasteiger partial charge is 0.373 e. The minimum absolute atomic E-state index is 0. The molecule has 1 aliphatic carbocycles. The van der Waals surface area contributed by atoms with Crippen LogP contribution in [-0.4, -0.2) is 62.1 Å². The molecule has 0 spiro atoms. The number of halogens is 1. The lowest BCUT2D eigenvalue weighted by Gasteiger charge is -2.33. The number of hydrogen-bond donors (Lipinski definition) is 2. The average molecular weight is 306 g/mol. The molecular weight excluding hydrogens is 282 g/mol. The Morgan fingerprint density at radius 2 is 2.05 bits per heavy atom. The van der Waals surface area contributed by atoms with Gasteiger partial charge in [0.05, 0.1) is 19.3 Å². The summed E-state index contributed by atoms with van der Waals surface area (Å²) in [5, 5.41) is 5.93. The van der Waals surface area contributed by atoms with Crippen molar-refractivity contribution < 1.29 is 14.3 Å². The minimum Gasteiger partial charge on any atom is -0.373 e. The molecule has 20 heavy (non-hydrogen) atoms.